The molecule has 0 heterocycles. The van der Waals surface area contributed by atoms with Gasteiger partial charge in [0.05, 0.1) is 0 Å². The molecule has 0 aromatic heterocycles. The maximum atomic E-state index is 2.41. The molecule has 0 atom stereocenters. The van der Waals surface area contributed by atoms with Crippen LogP contribution in [0, 0.1) is 0 Å². The summed E-state index contributed by atoms with van der Waals surface area (Å²) in [5.74, 6) is 0.394. The van der Waals surface area contributed by atoms with E-state index in [1.807, 2.05) is 0 Å². The highest BCUT2D eigenvalue weighted by molar-refractivity contribution is 6.39. The summed E-state index contributed by atoms with van der Waals surface area (Å²) in [7, 11) is 2.19. The van der Waals surface area contributed by atoms with Crippen molar-refractivity contribution in [3.8, 4) is 22.3 Å². The van der Waals surface area contributed by atoms with Gasteiger partial charge < -0.3 is 4.90 Å². The summed E-state index contributed by atoms with van der Waals surface area (Å²) in [4.78, 5) is 2.40. The Morgan fingerprint density at radius 2 is 1.17 bits per heavy atom. The normalized spacial score (nSPS) is 13.0. The Morgan fingerprint density at radius 3 is 1.85 bits per heavy atom. The van der Waals surface area contributed by atoms with Crippen LogP contribution in [0.5, 0.6) is 0 Å². The first kappa shape index (κ1) is 29.6. The molecule has 0 saturated carbocycles. The van der Waals surface area contributed by atoms with E-state index in [0.29, 0.717) is 5.92 Å². The Labute approximate surface area is 275 Å². The van der Waals surface area contributed by atoms with E-state index >= 15 is 0 Å². The number of rotatable bonds is 7. The van der Waals surface area contributed by atoms with Gasteiger partial charge in [0.2, 0.25) is 0 Å². The molecule has 0 bridgehead atoms. The summed E-state index contributed by atoms with van der Waals surface area (Å²) in [6, 6.07) is 49.0. The number of allylic oxidation sites excluding steroid dienone is 4. The van der Waals surface area contributed by atoms with Crippen LogP contribution in [0.3, 0.4) is 0 Å². The molecule has 1 nitrogen and oxygen atoms in total. The van der Waals surface area contributed by atoms with E-state index in [-0.39, 0.29) is 0 Å². The summed E-state index contributed by atoms with van der Waals surface area (Å²) < 4.78 is 0. The number of nitrogens with zero attached hydrogens (tertiary/aromatic N) is 1. The standard InChI is InChI=1S/C44H40BN/c1-30(2)43-29-37(25-26-41(43)38-14-8-7-11-31(38)3)46(35-21-17-33(18-22-35)32-12-5-4-6-13-32)36-23-19-34(20-24-36)39-27-28-44(45)42-16-10-9-15-40(39)42/h4-6,8-10,12-30H,7,11,45H2,1-3H3. The number of benzene rings is 6. The predicted octanol–water partition coefficient (Wildman–Crippen LogP) is 11.1. The molecule has 0 aliphatic heterocycles. The summed E-state index contributed by atoms with van der Waals surface area (Å²) >= 11 is 0. The van der Waals surface area contributed by atoms with E-state index in [4.69, 9.17) is 0 Å². The molecule has 2 heteroatoms. The zero-order chi connectivity index (χ0) is 31.6. The number of anilines is 3. The van der Waals surface area contributed by atoms with Crippen molar-refractivity contribution in [3.63, 3.8) is 0 Å². The highest BCUT2D eigenvalue weighted by atomic mass is 15.1. The SMILES string of the molecule is Bc1ccc(-c2ccc(N(c3ccc(-c4ccccc4)cc3)c3ccc(C4=C(C)CCC=C4)c(C(C)C)c3)cc2)c2ccccc12. The van der Waals surface area contributed by atoms with E-state index in [2.05, 4.69) is 179 Å². The van der Waals surface area contributed by atoms with Crippen LogP contribution in [0.1, 0.15) is 50.7 Å². The molecule has 0 unspecified atom stereocenters. The van der Waals surface area contributed by atoms with E-state index < -0.39 is 0 Å². The zero-order valence-electron chi connectivity index (χ0n) is 27.3. The quantitative estimate of drug-likeness (QED) is 0.167. The Balaban J connectivity index is 1.34. The monoisotopic (exact) mass is 593 g/mol. The summed E-state index contributed by atoms with van der Waals surface area (Å²) in [5.41, 5.74) is 15.3. The van der Waals surface area contributed by atoms with Crippen molar-refractivity contribution < 1.29 is 0 Å². The summed E-state index contributed by atoms with van der Waals surface area (Å²) in [6.45, 7) is 6.91. The molecule has 6 aromatic carbocycles. The molecule has 0 amide bonds. The van der Waals surface area contributed by atoms with Gasteiger partial charge in [0.1, 0.15) is 7.85 Å². The minimum atomic E-state index is 0.394. The van der Waals surface area contributed by atoms with Gasteiger partial charge in [-0.15, -0.1) is 0 Å². The third-order valence-electron chi connectivity index (χ3n) is 9.45. The Morgan fingerprint density at radius 1 is 0.587 bits per heavy atom. The molecule has 0 saturated heterocycles. The average Bonchev–Trinajstić information content (AvgIpc) is 3.10. The third-order valence-corrected chi connectivity index (χ3v) is 9.45. The Hall–Kier alpha value is -5.08. The lowest BCUT2D eigenvalue weighted by atomic mass is 9.86. The van der Waals surface area contributed by atoms with Crippen LogP contribution in [0.15, 0.2) is 151 Å². The van der Waals surface area contributed by atoms with Crippen LogP contribution in [0.4, 0.5) is 17.1 Å². The van der Waals surface area contributed by atoms with E-state index in [1.165, 1.54) is 66.4 Å². The molecule has 1 aliphatic carbocycles. The van der Waals surface area contributed by atoms with Gasteiger partial charge >= 0.3 is 0 Å². The molecular weight excluding hydrogens is 553 g/mol. The maximum Gasteiger partial charge on any atom is 0.140 e. The first-order valence-electron chi connectivity index (χ1n) is 16.5. The first-order chi connectivity index (χ1) is 22.5. The fourth-order valence-electron chi connectivity index (χ4n) is 6.88. The lowest BCUT2D eigenvalue weighted by Crippen LogP contribution is -2.11. The van der Waals surface area contributed by atoms with Gasteiger partial charge in [-0.1, -0.05) is 134 Å². The fraction of sp³-hybridized carbons (Fsp3) is 0.136. The second-order valence-corrected chi connectivity index (χ2v) is 12.8. The van der Waals surface area contributed by atoms with Crippen LogP contribution in [0.25, 0.3) is 38.6 Å². The minimum Gasteiger partial charge on any atom is -0.310 e. The van der Waals surface area contributed by atoms with E-state index in [0.717, 1.165) is 24.2 Å². The molecule has 0 spiro atoms. The van der Waals surface area contributed by atoms with Crippen LogP contribution in [-0.4, -0.2) is 7.85 Å². The molecule has 224 valence electrons. The number of fused-ring (bicyclic) bond motifs is 1. The average molecular weight is 594 g/mol. The topological polar surface area (TPSA) is 3.24 Å². The number of hydrogen-bond donors (Lipinski definition) is 0. The van der Waals surface area contributed by atoms with Crippen LogP contribution >= 0.6 is 0 Å². The number of hydrogen-bond acceptors (Lipinski definition) is 1. The van der Waals surface area contributed by atoms with Gasteiger partial charge in [-0.25, -0.2) is 0 Å². The Kier molecular flexibility index (Phi) is 8.20. The van der Waals surface area contributed by atoms with Crippen molar-refractivity contribution in [2.45, 2.75) is 39.5 Å². The van der Waals surface area contributed by atoms with Crippen molar-refractivity contribution in [2.24, 2.45) is 0 Å². The first-order valence-corrected chi connectivity index (χ1v) is 16.5. The smallest absolute Gasteiger partial charge is 0.140 e. The van der Waals surface area contributed by atoms with Crippen molar-refractivity contribution >= 4 is 46.7 Å². The molecule has 1 aliphatic rings. The second kappa shape index (κ2) is 12.7. The molecule has 6 aromatic rings. The van der Waals surface area contributed by atoms with Crippen molar-refractivity contribution in [1.29, 1.82) is 0 Å². The third kappa shape index (κ3) is 5.72. The van der Waals surface area contributed by atoms with Crippen molar-refractivity contribution in [3.05, 3.63) is 162 Å². The van der Waals surface area contributed by atoms with Crippen molar-refractivity contribution in [2.75, 3.05) is 4.90 Å². The van der Waals surface area contributed by atoms with Crippen LogP contribution < -0.4 is 10.4 Å². The van der Waals surface area contributed by atoms with E-state index in [9.17, 15) is 0 Å². The highest BCUT2D eigenvalue weighted by Gasteiger charge is 2.19. The van der Waals surface area contributed by atoms with Gasteiger partial charge in [0.25, 0.3) is 0 Å². The molecule has 0 N–H and O–H groups in total. The molecule has 46 heavy (non-hydrogen) atoms. The van der Waals surface area contributed by atoms with Crippen molar-refractivity contribution in [1.82, 2.24) is 0 Å². The van der Waals surface area contributed by atoms with Gasteiger partial charge in [-0.05, 0) is 112 Å². The van der Waals surface area contributed by atoms with Gasteiger partial charge in [0, 0.05) is 17.1 Å². The molecular formula is C44H40BN. The largest absolute Gasteiger partial charge is 0.310 e. The minimum absolute atomic E-state index is 0.394. The highest BCUT2D eigenvalue weighted by Crippen LogP contribution is 2.41. The van der Waals surface area contributed by atoms with Gasteiger partial charge in [-0.2, -0.15) is 0 Å². The van der Waals surface area contributed by atoms with Crippen LogP contribution in [-0.2, 0) is 0 Å². The molecule has 0 radical (unpaired) electrons. The van der Waals surface area contributed by atoms with Gasteiger partial charge in [-0.3, -0.25) is 0 Å². The predicted molar refractivity (Wildman–Crippen MR) is 203 cm³/mol. The zero-order valence-corrected chi connectivity index (χ0v) is 27.3. The second-order valence-electron chi connectivity index (χ2n) is 12.8. The lowest BCUT2D eigenvalue weighted by Gasteiger charge is -2.28. The summed E-state index contributed by atoms with van der Waals surface area (Å²) in [6.07, 6.45) is 6.91. The van der Waals surface area contributed by atoms with Crippen LogP contribution in [0.2, 0.25) is 0 Å². The Bertz CT molecular complexity index is 2070. The molecule has 7 rings (SSSR count). The molecule has 0 fully saturated rings. The van der Waals surface area contributed by atoms with E-state index in [1.54, 1.807) is 0 Å². The maximum absolute atomic E-state index is 2.41. The fourth-order valence-corrected chi connectivity index (χ4v) is 6.88. The van der Waals surface area contributed by atoms with Gasteiger partial charge in [0.15, 0.2) is 0 Å². The lowest BCUT2D eigenvalue weighted by molar-refractivity contribution is 0.861. The summed E-state index contributed by atoms with van der Waals surface area (Å²) in [5, 5.41) is 2.60.